The Hall–Kier alpha value is -1.18. The van der Waals surface area contributed by atoms with Crippen molar-refractivity contribution < 1.29 is 17.9 Å². The maximum atomic E-state index is 13.1. The van der Waals surface area contributed by atoms with Gasteiger partial charge in [-0.15, -0.1) is 0 Å². The number of nitrogens with zero attached hydrogens (tertiary/aromatic N) is 1. The van der Waals surface area contributed by atoms with Crippen LogP contribution in [0.3, 0.4) is 0 Å². The van der Waals surface area contributed by atoms with E-state index < -0.39 is 21.4 Å². The fourth-order valence-corrected chi connectivity index (χ4v) is 3.27. The normalized spacial score (nSPS) is 12.9. The molecule has 0 fully saturated rings. The highest BCUT2D eigenvalue weighted by Gasteiger charge is 2.28. The van der Waals surface area contributed by atoms with E-state index >= 15 is 0 Å². The average Bonchev–Trinajstić information content (AvgIpc) is 2.28. The summed E-state index contributed by atoms with van der Waals surface area (Å²) in [6.45, 7) is 4.84. The van der Waals surface area contributed by atoms with Crippen LogP contribution in [0.25, 0.3) is 0 Å². The first-order chi connectivity index (χ1) is 8.58. The molecule has 0 saturated heterocycles. The van der Waals surface area contributed by atoms with Crippen molar-refractivity contribution in [3.8, 4) is 0 Å². The molecule has 3 N–H and O–H groups in total. The monoisotopic (exact) mass is 290 g/mol. The molecule has 0 radical (unpaired) electrons. The Morgan fingerprint density at radius 1 is 1.42 bits per heavy atom. The number of aliphatic hydroxyl groups is 1. The maximum Gasteiger partial charge on any atom is 0.243 e. The lowest BCUT2D eigenvalue weighted by molar-refractivity contribution is 0.0601. The van der Waals surface area contributed by atoms with Gasteiger partial charge in [-0.3, -0.25) is 0 Å². The molecule has 0 aliphatic heterocycles. The summed E-state index contributed by atoms with van der Waals surface area (Å²) >= 11 is 0. The number of halogens is 1. The number of anilines is 1. The summed E-state index contributed by atoms with van der Waals surface area (Å²) < 4.78 is 38.9. The number of hydrogen-bond acceptors (Lipinski definition) is 4. The Balaban J connectivity index is 3.17. The molecule has 0 unspecified atom stereocenters. The van der Waals surface area contributed by atoms with Crippen LogP contribution < -0.4 is 5.73 Å². The summed E-state index contributed by atoms with van der Waals surface area (Å²) in [6.07, 6.45) is 0. The van der Waals surface area contributed by atoms with Gasteiger partial charge < -0.3 is 10.8 Å². The minimum atomic E-state index is -3.80. The SMILES string of the molecule is CCN(CC(C)(C)O)S(=O)(=O)c1ccc(F)c(N)c1. The number of sulfonamides is 1. The lowest BCUT2D eigenvalue weighted by Gasteiger charge is -2.27. The number of benzene rings is 1. The minimum Gasteiger partial charge on any atom is -0.396 e. The Labute approximate surface area is 112 Å². The van der Waals surface area contributed by atoms with E-state index in [9.17, 15) is 17.9 Å². The third-order valence-electron chi connectivity index (χ3n) is 2.52. The van der Waals surface area contributed by atoms with Gasteiger partial charge in [-0.05, 0) is 32.0 Å². The second kappa shape index (κ2) is 5.44. The molecule has 0 spiro atoms. The summed E-state index contributed by atoms with van der Waals surface area (Å²) in [7, 11) is -3.80. The number of nitrogen functional groups attached to an aromatic ring is 1. The molecule has 0 bridgehead atoms. The zero-order valence-corrected chi connectivity index (χ0v) is 12.0. The first-order valence-electron chi connectivity index (χ1n) is 5.85. The molecule has 0 atom stereocenters. The Morgan fingerprint density at radius 2 is 2.00 bits per heavy atom. The van der Waals surface area contributed by atoms with Gasteiger partial charge in [0.2, 0.25) is 10.0 Å². The molecule has 0 heterocycles. The molecule has 108 valence electrons. The Kier molecular flexibility index (Phi) is 4.54. The summed E-state index contributed by atoms with van der Waals surface area (Å²) in [6, 6.07) is 3.26. The van der Waals surface area contributed by atoms with E-state index in [1.807, 2.05) is 0 Å². The molecule has 5 nitrogen and oxygen atoms in total. The topological polar surface area (TPSA) is 83.6 Å². The third kappa shape index (κ3) is 3.89. The Morgan fingerprint density at radius 3 is 2.42 bits per heavy atom. The standard InChI is InChI=1S/C12H19FN2O3S/c1-4-15(8-12(2,3)16)19(17,18)9-5-6-10(13)11(14)7-9/h5-7,16H,4,8,14H2,1-3H3. The minimum absolute atomic E-state index is 0.0525. The van der Waals surface area contributed by atoms with Crippen LogP contribution in [0.1, 0.15) is 20.8 Å². The van der Waals surface area contributed by atoms with Crippen molar-refractivity contribution in [2.45, 2.75) is 31.3 Å². The van der Waals surface area contributed by atoms with Gasteiger partial charge in [0, 0.05) is 13.1 Å². The maximum absolute atomic E-state index is 13.1. The molecule has 0 aromatic heterocycles. The van der Waals surface area contributed by atoms with E-state index in [2.05, 4.69) is 0 Å². The van der Waals surface area contributed by atoms with E-state index in [0.29, 0.717) is 0 Å². The van der Waals surface area contributed by atoms with Crippen molar-refractivity contribution in [3.63, 3.8) is 0 Å². The summed E-state index contributed by atoms with van der Waals surface area (Å²) in [5.41, 5.74) is 4.00. The zero-order valence-electron chi connectivity index (χ0n) is 11.2. The van der Waals surface area contributed by atoms with E-state index in [4.69, 9.17) is 5.73 Å². The van der Waals surface area contributed by atoms with E-state index in [1.165, 1.54) is 13.8 Å². The number of rotatable bonds is 5. The zero-order chi connectivity index (χ0) is 14.8. The van der Waals surface area contributed by atoms with Crippen molar-refractivity contribution in [2.75, 3.05) is 18.8 Å². The van der Waals surface area contributed by atoms with Crippen molar-refractivity contribution in [3.05, 3.63) is 24.0 Å². The highest BCUT2D eigenvalue weighted by Crippen LogP contribution is 2.21. The molecule has 0 aliphatic carbocycles. The van der Waals surface area contributed by atoms with Gasteiger partial charge in [0.1, 0.15) is 5.82 Å². The van der Waals surface area contributed by atoms with E-state index in [1.54, 1.807) is 6.92 Å². The van der Waals surface area contributed by atoms with Crippen LogP contribution in [0.2, 0.25) is 0 Å². The number of hydrogen-bond donors (Lipinski definition) is 2. The van der Waals surface area contributed by atoms with Crippen LogP contribution in [-0.2, 0) is 10.0 Å². The van der Waals surface area contributed by atoms with Gasteiger partial charge in [0.25, 0.3) is 0 Å². The average molecular weight is 290 g/mol. The summed E-state index contributed by atoms with van der Waals surface area (Å²) in [4.78, 5) is -0.0856. The second-order valence-electron chi connectivity index (χ2n) is 4.93. The van der Waals surface area contributed by atoms with Crippen LogP contribution >= 0.6 is 0 Å². The molecule has 1 aromatic rings. The highest BCUT2D eigenvalue weighted by molar-refractivity contribution is 7.89. The van der Waals surface area contributed by atoms with Crippen molar-refractivity contribution in [2.24, 2.45) is 0 Å². The van der Waals surface area contributed by atoms with Crippen molar-refractivity contribution in [1.82, 2.24) is 4.31 Å². The van der Waals surface area contributed by atoms with Gasteiger partial charge in [-0.25, -0.2) is 12.8 Å². The smallest absolute Gasteiger partial charge is 0.243 e. The second-order valence-corrected chi connectivity index (χ2v) is 6.86. The first kappa shape index (κ1) is 15.9. The van der Waals surface area contributed by atoms with E-state index in [0.717, 1.165) is 22.5 Å². The lowest BCUT2D eigenvalue weighted by atomic mass is 10.1. The molecular formula is C12H19FN2O3S. The quantitative estimate of drug-likeness (QED) is 0.798. The number of nitrogens with two attached hydrogens (primary N) is 1. The molecule has 7 heteroatoms. The van der Waals surface area contributed by atoms with Crippen LogP contribution in [0.5, 0.6) is 0 Å². The number of likely N-dealkylation sites (N-methyl/N-ethyl adjacent to an activating group) is 1. The van der Waals surface area contributed by atoms with Crippen molar-refractivity contribution in [1.29, 1.82) is 0 Å². The van der Waals surface area contributed by atoms with Crippen LogP contribution in [0.15, 0.2) is 23.1 Å². The molecule has 0 amide bonds. The first-order valence-corrected chi connectivity index (χ1v) is 7.29. The fourth-order valence-electron chi connectivity index (χ4n) is 1.63. The molecule has 1 aromatic carbocycles. The van der Waals surface area contributed by atoms with Crippen LogP contribution in [-0.4, -0.2) is 36.5 Å². The van der Waals surface area contributed by atoms with Gasteiger partial charge in [0.15, 0.2) is 0 Å². The molecular weight excluding hydrogens is 271 g/mol. The largest absolute Gasteiger partial charge is 0.396 e. The lowest BCUT2D eigenvalue weighted by Crippen LogP contribution is -2.42. The highest BCUT2D eigenvalue weighted by atomic mass is 32.2. The van der Waals surface area contributed by atoms with E-state index in [-0.39, 0.29) is 23.7 Å². The fraction of sp³-hybridized carbons (Fsp3) is 0.500. The summed E-state index contributed by atoms with van der Waals surface area (Å²) in [5, 5.41) is 9.74. The van der Waals surface area contributed by atoms with Crippen LogP contribution in [0, 0.1) is 5.82 Å². The third-order valence-corrected chi connectivity index (χ3v) is 4.44. The molecule has 0 saturated carbocycles. The van der Waals surface area contributed by atoms with Gasteiger partial charge in [0.05, 0.1) is 16.2 Å². The van der Waals surface area contributed by atoms with Gasteiger partial charge in [-0.2, -0.15) is 4.31 Å². The Bertz CT molecular complexity index is 553. The molecule has 19 heavy (non-hydrogen) atoms. The molecule has 1 rings (SSSR count). The van der Waals surface area contributed by atoms with Crippen LogP contribution in [0.4, 0.5) is 10.1 Å². The van der Waals surface area contributed by atoms with Gasteiger partial charge in [-0.1, -0.05) is 6.92 Å². The predicted molar refractivity (Wildman–Crippen MR) is 71.5 cm³/mol. The van der Waals surface area contributed by atoms with Crippen molar-refractivity contribution >= 4 is 15.7 Å². The summed E-state index contributed by atoms with van der Waals surface area (Å²) in [5.74, 6) is -0.663. The van der Waals surface area contributed by atoms with Gasteiger partial charge >= 0.3 is 0 Å². The molecule has 0 aliphatic rings. The predicted octanol–water partition coefficient (Wildman–Crippen LogP) is 1.19.